The summed E-state index contributed by atoms with van der Waals surface area (Å²) in [5.74, 6) is 1.56. The molecule has 0 aliphatic carbocycles. The van der Waals surface area contributed by atoms with E-state index in [2.05, 4.69) is 30.7 Å². The van der Waals surface area contributed by atoms with E-state index in [4.69, 9.17) is 14.2 Å². The van der Waals surface area contributed by atoms with Gasteiger partial charge in [0.15, 0.2) is 11.0 Å². The highest BCUT2D eigenvalue weighted by Crippen LogP contribution is 2.28. The summed E-state index contributed by atoms with van der Waals surface area (Å²) in [7, 11) is 1.61. The summed E-state index contributed by atoms with van der Waals surface area (Å²) in [4.78, 5) is 18.6. The van der Waals surface area contributed by atoms with Crippen LogP contribution in [0.4, 0.5) is 9.52 Å². The number of pyridine rings is 2. The molecule has 0 bridgehead atoms. The number of hydrogen-bond donors (Lipinski definition) is 2. The fraction of sp³-hybridized carbons (Fsp3) is 0.381. The average molecular weight is 458 g/mol. The van der Waals surface area contributed by atoms with Crippen molar-refractivity contribution in [3.63, 3.8) is 0 Å². The van der Waals surface area contributed by atoms with Crippen LogP contribution in [0, 0.1) is 0 Å². The van der Waals surface area contributed by atoms with Gasteiger partial charge in [0.2, 0.25) is 5.89 Å². The molecule has 0 aromatic carbocycles. The van der Waals surface area contributed by atoms with E-state index in [0.29, 0.717) is 37.1 Å². The molecule has 2 N–H and O–H groups in total. The molecule has 0 fully saturated rings. The number of nitrogens with zero attached hydrogens (tertiary/aromatic N) is 5. The Bertz CT molecular complexity index is 1190. The van der Waals surface area contributed by atoms with Gasteiger partial charge in [0, 0.05) is 24.7 Å². The zero-order valence-electron chi connectivity index (χ0n) is 18.1. The number of halogens is 1. The van der Waals surface area contributed by atoms with Gasteiger partial charge in [-0.25, -0.2) is 14.4 Å². The number of hydrogen-bond acceptors (Lipinski definition) is 10. The van der Waals surface area contributed by atoms with Gasteiger partial charge >= 0.3 is 0 Å². The number of alkyl halides is 1. The van der Waals surface area contributed by atoms with E-state index in [0.717, 1.165) is 26.7 Å². The maximum atomic E-state index is 13.0. The Morgan fingerprint density at radius 1 is 1.19 bits per heavy atom. The number of thiazole rings is 1. The van der Waals surface area contributed by atoms with Gasteiger partial charge < -0.3 is 14.6 Å². The first-order valence-electron chi connectivity index (χ1n) is 10.1. The molecule has 0 saturated carbocycles. The van der Waals surface area contributed by atoms with Gasteiger partial charge in [-0.15, -0.1) is 0 Å². The molecule has 4 aromatic heterocycles. The van der Waals surface area contributed by atoms with Gasteiger partial charge in [-0.1, -0.05) is 16.5 Å². The van der Waals surface area contributed by atoms with Gasteiger partial charge in [0.1, 0.15) is 22.8 Å². The molecule has 0 radical (unpaired) electrons. The topological polar surface area (TPSA) is 111 Å². The number of rotatable bonds is 10. The number of ether oxygens (including phenoxy) is 1. The minimum absolute atomic E-state index is 0.319. The second-order valence-corrected chi connectivity index (χ2v) is 8.77. The maximum Gasteiger partial charge on any atom is 0.234 e. The molecule has 11 heteroatoms. The van der Waals surface area contributed by atoms with E-state index in [-0.39, 0.29) is 0 Å². The predicted molar refractivity (Wildman–Crippen MR) is 121 cm³/mol. The van der Waals surface area contributed by atoms with Crippen LogP contribution in [-0.2, 0) is 11.8 Å². The Labute approximate surface area is 188 Å². The van der Waals surface area contributed by atoms with Crippen molar-refractivity contribution in [2.75, 3.05) is 32.3 Å². The van der Waals surface area contributed by atoms with Crippen molar-refractivity contribution >= 4 is 26.8 Å². The fourth-order valence-corrected chi connectivity index (χ4v) is 3.67. The number of anilines is 1. The summed E-state index contributed by atoms with van der Waals surface area (Å²) in [5, 5.41) is 11.2. The Morgan fingerprint density at radius 3 is 2.88 bits per heavy atom. The van der Waals surface area contributed by atoms with Gasteiger partial charge in [-0.2, -0.15) is 4.98 Å². The first kappa shape index (κ1) is 22.0. The molecule has 0 atom stereocenters. The normalized spacial score (nSPS) is 11.8. The quantitative estimate of drug-likeness (QED) is 0.273. The minimum atomic E-state index is -0.760. The van der Waals surface area contributed by atoms with Crippen LogP contribution in [0.3, 0.4) is 0 Å². The smallest absolute Gasteiger partial charge is 0.234 e. The van der Waals surface area contributed by atoms with E-state index < -0.39 is 12.1 Å². The highest BCUT2D eigenvalue weighted by atomic mass is 32.1. The first-order chi connectivity index (χ1) is 15.5. The van der Waals surface area contributed by atoms with E-state index in [1.807, 2.05) is 18.2 Å². The van der Waals surface area contributed by atoms with Crippen molar-refractivity contribution in [1.29, 1.82) is 0 Å². The number of aromatic nitrogens is 5. The van der Waals surface area contributed by atoms with Crippen LogP contribution >= 0.6 is 11.3 Å². The molecular formula is C21H24FN7O2S. The summed E-state index contributed by atoms with van der Waals surface area (Å²) in [6.07, 6.45) is 3.99. The average Bonchev–Trinajstić information content (AvgIpc) is 3.45. The van der Waals surface area contributed by atoms with Crippen molar-refractivity contribution in [3.8, 4) is 17.0 Å². The highest BCUT2D eigenvalue weighted by Gasteiger charge is 2.27. The van der Waals surface area contributed by atoms with Crippen molar-refractivity contribution in [3.05, 3.63) is 42.3 Å². The van der Waals surface area contributed by atoms with Crippen molar-refractivity contribution in [1.82, 2.24) is 30.4 Å². The Morgan fingerprint density at radius 2 is 2.06 bits per heavy atom. The lowest BCUT2D eigenvalue weighted by Crippen LogP contribution is -2.24. The van der Waals surface area contributed by atoms with Crippen LogP contribution in [0.25, 0.3) is 21.6 Å². The third-order valence-corrected chi connectivity index (χ3v) is 5.69. The Kier molecular flexibility index (Phi) is 6.56. The first-order valence-corrected chi connectivity index (χ1v) is 10.9. The van der Waals surface area contributed by atoms with Gasteiger partial charge in [0.25, 0.3) is 0 Å². The summed E-state index contributed by atoms with van der Waals surface area (Å²) >= 11 is 1.48. The molecule has 0 spiro atoms. The van der Waals surface area contributed by atoms with Crippen LogP contribution < -0.4 is 15.4 Å². The summed E-state index contributed by atoms with van der Waals surface area (Å²) in [6, 6.07) is 5.76. The summed E-state index contributed by atoms with van der Waals surface area (Å²) in [5.41, 5.74) is 1.76. The Hall–Kier alpha value is -3.18. The van der Waals surface area contributed by atoms with E-state index in [1.165, 1.54) is 11.3 Å². The zero-order valence-corrected chi connectivity index (χ0v) is 18.9. The van der Waals surface area contributed by atoms with Crippen molar-refractivity contribution < 1.29 is 13.7 Å². The maximum absolute atomic E-state index is 13.0. The van der Waals surface area contributed by atoms with Crippen LogP contribution in [0.5, 0.6) is 5.75 Å². The summed E-state index contributed by atoms with van der Waals surface area (Å²) < 4.78 is 23.4. The van der Waals surface area contributed by atoms with Crippen molar-refractivity contribution in [2.24, 2.45) is 0 Å². The number of fused-ring (bicyclic) bond motifs is 1. The molecule has 168 valence electrons. The molecule has 32 heavy (non-hydrogen) atoms. The Balaban J connectivity index is 1.30. The molecule has 0 amide bonds. The molecule has 0 saturated heterocycles. The van der Waals surface area contributed by atoms with E-state index >= 15 is 0 Å². The second kappa shape index (κ2) is 9.53. The lowest BCUT2D eigenvalue weighted by Gasteiger charge is -2.13. The lowest BCUT2D eigenvalue weighted by molar-refractivity contribution is 0.258. The minimum Gasteiger partial charge on any atom is -0.495 e. The summed E-state index contributed by atoms with van der Waals surface area (Å²) in [6.45, 7) is 4.07. The highest BCUT2D eigenvalue weighted by molar-refractivity contribution is 7.21. The van der Waals surface area contributed by atoms with Crippen LogP contribution in [0.2, 0.25) is 0 Å². The molecule has 0 unspecified atom stereocenters. The molecule has 0 aliphatic heterocycles. The van der Waals surface area contributed by atoms with Crippen LogP contribution in [0.15, 0.2) is 35.1 Å². The third kappa shape index (κ3) is 5.00. The molecule has 4 aromatic rings. The second-order valence-electron chi connectivity index (χ2n) is 7.79. The van der Waals surface area contributed by atoms with Crippen LogP contribution in [-0.4, -0.2) is 52.1 Å². The van der Waals surface area contributed by atoms with E-state index in [9.17, 15) is 4.39 Å². The number of methoxy groups -OCH3 is 1. The number of nitrogens with one attached hydrogen (secondary N) is 2. The van der Waals surface area contributed by atoms with Crippen molar-refractivity contribution in [2.45, 2.75) is 25.7 Å². The fourth-order valence-electron chi connectivity index (χ4n) is 2.84. The molecule has 0 aliphatic rings. The largest absolute Gasteiger partial charge is 0.495 e. The molecule has 4 rings (SSSR count). The van der Waals surface area contributed by atoms with Gasteiger partial charge in [0.05, 0.1) is 31.1 Å². The lowest BCUT2D eigenvalue weighted by atomic mass is 9.96. The molecule has 9 nitrogen and oxygen atoms in total. The SMILES string of the molecule is COc1cncc(-c2ccc3nc(NCNCCc4noc(C(C)(C)CF)n4)sc3n2)c1. The van der Waals surface area contributed by atoms with E-state index in [1.54, 1.807) is 33.4 Å². The van der Waals surface area contributed by atoms with Crippen LogP contribution in [0.1, 0.15) is 25.6 Å². The predicted octanol–water partition coefficient (Wildman–Crippen LogP) is 3.59. The molecule has 4 heterocycles. The van der Waals surface area contributed by atoms with Gasteiger partial charge in [-0.3, -0.25) is 10.3 Å². The standard InChI is InChI=1S/C21H24FN7O2S/c1-21(2,11-22)19-28-17(29-31-19)6-7-23-12-25-20-27-16-5-4-15(26-18(16)32-20)13-8-14(30-3)10-24-9-13/h4-5,8-10,23H,6-7,11-12H2,1-3H3,(H,25,27). The van der Waals surface area contributed by atoms with Gasteiger partial charge in [-0.05, 0) is 32.0 Å². The third-order valence-electron chi connectivity index (χ3n) is 4.77. The monoisotopic (exact) mass is 457 g/mol. The molecular weight excluding hydrogens is 433 g/mol. The zero-order chi connectivity index (χ0) is 22.6.